The number of ether oxygens (including phenoxy) is 1. The Balaban J connectivity index is 1.82. The molecule has 3 nitrogen and oxygen atoms in total. The van der Waals surface area contributed by atoms with Gasteiger partial charge in [-0.3, -0.25) is 0 Å². The van der Waals surface area contributed by atoms with Crippen LogP contribution in [0.15, 0.2) is 76.4 Å². The van der Waals surface area contributed by atoms with Gasteiger partial charge in [0.05, 0.1) is 0 Å². The summed E-state index contributed by atoms with van der Waals surface area (Å²) in [5.41, 5.74) is 1.31. The molecule has 0 aliphatic rings. The summed E-state index contributed by atoms with van der Waals surface area (Å²) >= 11 is 3.39. The van der Waals surface area contributed by atoms with E-state index in [1.165, 1.54) is 0 Å². The van der Waals surface area contributed by atoms with E-state index in [-0.39, 0.29) is 6.61 Å². The largest absolute Gasteiger partial charge is 0.486 e. The maximum Gasteiger partial charge on any atom is 0.134 e. The lowest BCUT2D eigenvalue weighted by Crippen LogP contribution is -2.13. The number of nitrogens with zero attached hydrogens (tertiary/aromatic N) is 1. The van der Waals surface area contributed by atoms with Crippen molar-refractivity contribution < 1.29 is 9.94 Å². The van der Waals surface area contributed by atoms with E-state index in [4.69, 9.17) is 4.74 Å². The summed E-state index contributed by atoms with van der Waals surface area (Å²) in [6, 6.07) is 21.5. The molecule has 22 heavy (non-hydrogen) atoms. The maximum absolute atomic E-state index is 9.24. The van der Waals surface area contributed by atoms with E-state index in [1.54, 1.807) is 0 Å². The number of hydrogen-bond donors (Lipinski definition) is 1. The zero-order chi connectivity index (χ0) is 15.4. The number of fused-ring (bicyclic) bond motifs is 1. The summed E-state index contributed by atoms with van der Waals surface area (Å²) in [4.78, 5) is 0. The first kappa shape index (κ1) is 14.6. The fourth-order valence-corrected chi connectivity index (χ4v) is 2.54. The number of halogens is 1. The molecular formula is C18H14BrNO2. The van der Waals surface area contributed by atoms with Crippen LogP contribution in [-0.2, 0) is 0 Å². The monoisotopic (exact) mass is 355 g/mol. The lowest BCUT2D eigenvalue weighted by atomic mass is 10.1. The molecule has 0 aliphatic carbocycles. The fraction of sp³-hybridized carbons (Fsp3) is 0.0556. The Labute approximate surface area is 137 Å². The van der Waals surface area contributed by atoms with Crippen molar-refractivity contribution in [2.75, 3.05) is 6.61 Å². The van der Waals surface area contributed by atoms with Gasteiger partial charge in [0.1, 0.15) is 18.1 Å². The van der Waals surface area contributed by atoms with Gasteiger partial charge in [-0.1, -0.05) is 69.6 Å². The Hall–Kier alpha value is -2.33. The fourth-order valence-electron chi connectivity index (χ4n) is 2.28. The maximum atomic E-state index is 9.24. The molecule has 0 amide bonds. The Morgan fingerprint density at radius 3 is 2.45 bits per heavy atom. The molecule has 0 bridgehead atoms. The molecular weight excluding hydrogens is 342 g/mol. The van der Waals surface area contributed by atoms with E-state index in [9.17, 15) is 5.21 Å². The quantitative estimate of drug-likeness (QED) is 0.412. The van der Waals surface area contributed by atoms with Crippen molar-refractivity contribution in [2.45, 2.75) is 0 Å². The minimum atomic E-state index is 0.201. The van der Waals surface area contributed by atoms with Gasteiger partial charge in [0.25, 0.3) is 0 Å². The molecule has 3 aromatic carbocycles. The smallest absolute Gasteiger partial charge is 0.134 e. The molecule has 0 radical (unpaired) electrons. The summed E-state index contributed by atoms with van der Waals surface area (Å²) in [5.74, 6) is 0.774. The molecule has 3 rings (SSSR count). The summed E-state index contributed by atoms with van der Waals surface area (Å²) in [6.07, 6.45) is 0. The lowest BCUT2D eigenvalue weighted by molar-refractivity contribution is 0.308. The Kier molecular flexibility index (Phi) is 4.39. The van der Waals surface area contributed by atoms with E-state index >= 15 is 0 Å². The average molecular weight is 356 g/mol. The van der Waals surface area contributed by atoms with E-state index in [0.717, 1.165) is 26.6 Å². The summed E-state index contributed by atoms with van der Waals surface area (Å²) in [7, 11) is 0. The van der Waals surface area contributed by atoms with Gasteiger partial charge in [0, 0.05) is 15.4 Å². The third-order valence-corrected chi connectivity index (χ3v) is 3.94. The van der Waals surface area contributed by atoms with E-state index < -0.39 is 0 Å². The van der Waals surface area contributed by atoms with Crippen molar-refractivity contribution in [2.24, 2.45) is 5.16 Å². The Morgan fingerprint density at radius 1 is 0.955 bits per heavy atom. The van der Waals surface area contributed by atoms with Crippen molar-refractivity contribution in [1.82, 2.24) is 0 Å². The molecule has 0 atom stereocenters. The predicted octanol–water partition coefficient (Wildman–Crippen LogP) is 4.86. The standard InChI is InChI=1S/C18H14BrNO2/c19-15-10-8-14(9-11-15)17(20-21)12-22-18-7-3-5-13-4-1-2-6-16(13)18/h1-11,21H,12H2/b20-17+. The molecule has 0 unspecified atom stereocenters. The van der Waals surface area contributed by atoms with Crippen LogP contribution in [0.4, 0.5) is 0 Å². The minimum absolute atomic E-state index is 0.201. The van der Waals surface area contributed by atoms with Gasteiger partial charge in [-0.25, -0.2) is 0 Å². The molecule has 0 heterocycles. The van der Waals surface area contributed by atoms with Crippen molar-refractivity contribution >= 4 is 32.4 Å². The second-order valence-electron chi connectivity index (χ2n) is 4.82. The van der Waals surface area contributed by atoms with Crippen LogP contribution in [0.3, 0.4) is 0 Å². The van der Waals surface area contributed by atoms with Gasteiger partial charge in [-0.2, -0.15) is 0 Å². The average Bonchev–Trinajstić information content (AvgIpc) is 2.57. The number of hydrogen-bond acceptors (Lipinski definition) is 3. The van der Waals surface area contributed by atoms with E-state index in [2.05, 4.69) is 21.1 Å². The molecule has 4 heteroatoms. The van der Waals surface area contributed by atoms with Crippen LogP contribution in [0.1, 0.15) is 5.56 Å². The van der Waals surface area contributed by atoms with Gasteiger partial charge in [0.15, 0.2) is 0 Å². The Morgan fingerprint density at radius 2 is 1.68 bits per heavy atom. The summed E-state index contributed by atoms with van der Waals surface area (Å²) in [6.45, 7) is 0.201. The van der Waals surface area contributed by atoms with E-state index in [1.807, 2.05) is 66.7 Å². The first-order chi connectivity index (χ1) is 10.8. The number of oxime groups is 1. The van der Waals surface area contributed by atoms with Gasteiger partial charge in [-0.05, 0) is 23.6 Å². The molecule has 0 fully saturated rings. The van der Waals surface area contributed by atoms with Crippen molar-refractivity contribution in [3.8, 4) is 5.75 Å². The third-order valence-electron chi connectivity index (χ3n) is 3.41. The molecule has 0 aromatic heterocycles. The topological polar surface area (TPSA) is 41.8 Å². The minimum Gasteiger partial charge on any atom is -0.486 e. The van der Waals surface area contributed by atoms with Crippen LogP contribution < -0.4 is 4.74 Å². The van der Waals surface area contributed by atoms with Crippen molar-refractivity contribution in [3.05, 3.63) is 76.8 Å². The van der Waals surface area contributed by atoms with Gasteiger partial charge in [-0.15, -0.1) is 0 Å². The lowest BCUT2D eigenvalue weighted by Gasteiger charge is -2.10. The highest BCUT2D eigenvalue weighted by molar-refractivity contribution is 9.10. The van der Waals surface area contributed by atoms with Gasteiger partial charge < -0.3 is 9.94 Å². The Bertz CT molecular complexity index is 807. The molecule has 110 valence electrons. The van der Waals surface area contributed by atoms with E-state index in [0.29, 0.717) is 5.71 Å². The molecule has 0 aliphatic heterocycles. The normalized spacial score (nSPS) is 11.6. The highest BCUT2D eigenvalue weighted by atomic mass is 79.9. The van der Waals surface area contributed by atoms with Gasteiger partial charge in [0.2, 0.25) is 0 Å². The van der Waals surface area contributed by atoms with Gasteiger partial charge >= 0.3 is 0 Å². The van der Waals surface area contributed by atoms with Crippen LogP contribution in [0.2, 0.25) is 0 Å². The molecule has 0 spiro atoms. The molecule has 3 aromatic rings. The van der Waals surface area contributed by atoms with Crippen LogP contribution in [0.25, 0.3) is 10.8 Å². The highest BCUT2D eigenvalue weighted by Gasteiger charge is 2.07. The zero-order valence-electron chi connectivity index (χ0n) is 11.7. The summed E-state index contributed by atoms with van der Waals surface area (Å²) in [5, 5.41) is 14.8. The van der Waals surface area contributed by atoms with Crippen LogP contribution in [-0.4, -0.2) is 17.5 Å². The second kappa shape index (κ2) is 6.62. The number of rotatable bonds is 4. The van der Waals surface area contributed by atoms with Crippen LogP contribution in [0.5, 0.6) is 5.75 Å². The molecule has 0 saturated heterocycles. The zero-order valence-corrected chi connectivity index (χ0v) is 13.3. The number of benzene rings is 3. The molecule has 0 saturated carbocycles. The third kappa shape index (κ3) is 3.12. The van der Waals surface area contributed by atoms with Crippen molar-refractivity contribution in [3.63, 3.8) is 0 Å². The van der Waals surface area contributed by atoms with Crippen molar-refractivity contribution in [1.29, 1.82) is 0 Å². The van der Waals surface area contributed by atoms with Crippen LogP contribution in [0, 0.1) is 0 Å². The SMILES string of the molecule is O/N=C(\COc1cccc2ccccc12)c1ccc(Br)cc1. The van der Waals surface area contributed by atoms with Crippen LogP contribution >= 0.6 is 15.9 Å². The first-order valence-electron chi connectivity index (χ1n) is 6.85. The predicted molar refractivity (Wildman–Crippen MR) is 91.9 cm³/mol. The first-order valence-corrected chi connectivity index (χ1v) is 7.64. The summed E-state index contributed by atoms with van der Waals surface area (Å²) < 4.78 is 6.83. The highest BCUT2D eigenvalue weighted by Crippen LogP contribution is 2.25. The second-order valence-corrected chi connectivity index (χ2v) is 5.74. The molecule has 1 N–H and O–H groups in total.